The Kier molecular flexibility index (Phi) is 2.63. The van der Waals surface area contributed by atoms with Crippen LogP contribution >= 0.6 is 0 Å². The number of hydrogen-bond donors (Lipinski definition) is 2. The summed E-state index contributed by atoms with van der Waals surface area (Å²) in [5.41, 5.74) is 7.25. The number of nitrogens with one attached hydrogen (secondary N) is 1. The largest absolute Gasteiger partial charge is 0.389 e. The van der Waals surface area contributed by atoms with Crippen molar-refractivity contribution < 1.29 is 4.42 Å². The van der Waals surface area contributed by atoms with Crippen molar-refractivity contribution in [2.45, 2.75) is 0 Å². The normalized spacial score (nSPS) is 10.1. The van der Waals surface area contributed by atoms with Crippen molar-refractivity contribution in [1.82, 2.24) is 10.2 Å². The van der Waals surface area contributed by atoms with Crippen LogP contribution in [0.1, 0.15) is 0 Å². The number of nitrogens with two attached hydrogens (primary N) is 1. The minimum atomic E-state index is 0.0461. The van der Waals surface area contributed by atoms with Crippen molar-refractivity contribution in [3.63, 3.8) is 0 Å². The zero-order valence-electron chi connectivity index (χ0n) is 9.14. The van der Waals surface area contributed by atoms with Crippen molar-refractivity contribution in [2.75, 3.05) is 30.0 Å². The van der Waals surface area contributed by atoms with Crippen molar-refractivity contribution >= 4 is 23.4 Å². The first kappa shape index (κ1) is 10.3. The molecule has 2 aromatic rings. The SMILES string of the molecule is CN(C)c1ccccc1Nc1nnc(N)o1. The Balaban J connectivity index is 2.27. The van der Waals surface area contributed by atoms with Gasteiger partial charge in [-0.15, -0.1) is 0 Å². The zero-order valence-corrected chi connectivity index (χ0v) is 9.14. The van der Waals surface area contributed by atoms with Gasteiger partial charge in [-0.05, 0) is 12.1 Å². The monoisotopic (exact) mass is 219 g/mol. The molecule has 0 radical (unpaired) electrons. The summed E-state index contributed by atoms with van der Waals surface area (Å²) in [4.78, 5) is 1.99. The third-order valence-electron chi connectivity index (χ3n) is 2.07. The number of para-hydroxylation sites is 2. The van der Waals surface area contributed by atoms with Crippen LogP contribution < -0.4 is 16.0 Å². The minimum Gasteiger partial charge on any atom is -0.389 e. The molecule has 3 N–H and O–H groups in total. The molecule has 0 atom stereocenters. The highest BCUT2D eigenvalue weighted by Gasteiger charge is 2.07. The maximum Gasteiger partial charge on any atom is 0.321 e. The highest BCUT2D eigenvalue weighted by atomic mass is 16.4. The van der Waals surface area contributed by atoms with E-state index < -0.39 is 0 Å². The van der Waals surface area contributed by atoms with Gasteiger partial charge in [0.05, 0.1) is 11.4 Å². The van der Waals surface area contributed by atoms with Gasteiger partial charge in [-0.1, -0.05) is 22.3 Å². The third kappa shape index (κ3) is 2.05. The van der Waals surface area contributed by atoms with Crippen LogP contribution in [0.2, 0.25) is 0 Å². The number of hydrogen-bond acceptors (Lipinski definition) is 6. The Bertz CT molecular complexity index is 480. The average Bonchev–Trinajstić information content (AvgIpc) is 2.64. The van der Waals surface area contributed by atoms with Crippen LogP contribution in [0.15, 0.2) is 28.7 Å². The quantitative estimate of drug-likeness (QED) is 0.813. The molecule has 0 spiro atoms. The first-order valence-corrected chi connectivity index (χ1v) is 4.79. The van der Waals surface area contributed by atoms with E-state index in [0.29, 0.717) is 0 Å². The van der Waals surface area contributed by atoms with Gasteiger partial charge >= 0.3 is 12.0 Å². The van der Waals surface area contributed by atoms with Gasteiger partial charge < -0.3 is 20.4 Å². The molecule has 84 valence electrons. The second-order valence-corrected chi connectivity index (χ2v) is 3.48. The Labute approximate surface area is 93.1 Å². The van der Waals surface area contributed by atoms with Gasteiger partial charge in [0.1, 0.15) is 0 Å². The van der Waals surface area contributed by atoms with E-state index in [1.54, 1.807) is 0 Å². The maximum atomic E-state index is 5.34. The molecule has 0 fully saturated rings. The lowest BCUT2D eigenvalue weighted by Crippen LogP contribution is -2.10. The number of anilines is 4. The molecule has 1 aromatic heterocycles. The summed E-state index contributed by atoms with van der Waals surface area (Å²) in [7, 11) is 3.92. The molecule has 6 nitrogen and oxygen atoms in total. The second-order valence-electron chi connectivity index (χ2n) is 3.48. The average molecular weight is 219 g/mol. The van der Waals surface area contributed by atoms with Gasteiger partial charge in [0.15, 0.2) is 0 Å². The fourth-order valence-electron chi connectivity index (χ4n) is 1.37. The van der Waals surface area contributed by atoms with Gasteiger partial charge in [-0.2, -0.15) is 0 Å². The Morgan fingerprint density at radius 3 is 2.62 bits per heavy atom. The first-order valence-electron chi connectivity index (χ1n) is 4.79. The van der Waals surface area contributed by atoms with Crippen molar-refractivity contribution in [3.05, 3.63) is 24.3 Å². The topological polar surface area (TPSA) is 80.2 Å². The predicted octanol–water partition coefficient (Wildman–Crippen LogP) is 1.46. The summed E-state index contributed by atoms with van der Waals surface area (Å²) in [5.74, 6) is 0. The van der Waals surface area contributed by atoms with Crippen molar-refractivity contribution in [2.24, 2.45) is 0 Å². The van der Waals surface area contributed by atoms with E-state index in [9.17, 15) is 0 Å². The molecule has 2 rings (SSSR count). The lowest BCUT2D eigenvalue weighted by Gasteiger charge is -2.16. The van der Waals surface area contributed by atoms with Crippen molar-refractivity contribution in [3.8, 4) is 0 Å². The van der Waals surface area contributed by atoms with Crippen LogP contribution in [0.4, 0.5) is 23.4 Å². The molecular weight excluding hydrogens is 206 g/mol. The van der Waals surface area contributed by atoms with Gasteiger partial charge in [0.25, 0.3) is 0 Å². The molecule has 1 heterocycles. The van der Waals surface area contributed by atoms with E-state index in [2.05, 4.69) is 15.5 Å². The van der Waals surface area contributed by atoms with Gasteiger partial charge in [0.2, 0.25) is 0 Å². The second kappa shape index (κ2) is 4.09. The van der Waals surface area contributed by atoms with Crippen LogP contribution in [0.3, 0.4) is 0 Å². The standard InChI is InChI=1S/C10H13N5O/c1-15(2)8-6-4-3-5-7(8)12-10-14-13-9(11)16-10/h3-6H,1-2H3,(H2,11,13)(H,12,14). The summed E-state index contributed by atoms with van der Waals surface area (Å²) >= 11 is 0. The molecule has 0 aliphatic carbocycles. The molecule has 0 unspecified atom stereocenters. The summed E-state index contributed by atoms with van der Waals surface area (Å²) in [6, 6.07) is 8.13. The number of nitrogen functional groups attached to an aromatic ring is 1. The van der Waals surface area contributed by atoms with Crippen LogP contribution in [0, 0.1) is 0 Å². The van der Waals surface area contributed by atoms with Gasteiger partial charge in [-0.3, -0.25) is 0 Å². The van der Waals surface area contributed by atoms with E-state index in [1.165, 1.54) is 0 Å². The molecule has 0 aliphatic heterocycles. The van der Waals surface area contributed by atoms with Crippen molar-refractivity contribution in [1.29, 1.82) is 0 Å². The molecule has 16 heavy (non-hydrogen) atoms. The molecular formula is C10H13N5O. The minimum absolute atomic E-state index is 0.0461. The van der Waals surface area contributed by atoms with Crippen LogP contribution in [-0.2, 0) is 0 Å². The molecule has 0 saturated heterocycles. The smallest absolute Gasteiger partial charge is 0.321 e. The third-order valence-corrected chi connectivity index (χ3v) is 2.07. The molecule has 0 saturated carbocycles. The molecule has 0 aliphatic rings. The predicted molar refractivity (Wildman–Crippen MR) is 62.8 cm³/mol. The van der Waals surface area contributed by atoms with E-state index in [4.69, 9.17) is 10.2 Å². The molecule has 6 heteroatoms. The maximum absolute atomic E-state index is 5.34. The van der Waals surface area contributed by atoms with Crippen LogP contribution in [0.5, 0.6) is 0 Å². The van der Waals surface area contributed by atoms with E-state index in [-0.39, 0.29) is 12.0 Å². The Morgan fingerprint density at radius 2 is 2.00 bits per heavy atom. The fraction of sp³-hybridized carbons (Fsp3) is 0.200. The lowest BCUT2D eigenvalue weighted by atomic mass is 10.2. The van der Waals surface area contributed by atoms with E-state index in [1.807, 2.05) is 43.3 Å². The summed E-state index contributed by atoms with van der Waals surface area (Å²) < 4.78 is 5.05. The number of nitrogens with zero attached hydrogens (tertiary/aromatic N) is 3. The van der Waals surface area contributed by atoms with Gasteiger partial charge in [0, 0.05) is 14.1 Å². The van der Waals surface area contributed by atoms with Crippen LogP contribution in [0.25, 0.3) is 0 Å². The lowest BCUT2D eigenvalue weighted by molar-refractivity contribution is 0.593. The van der Waals surface area contributed by atoms with Gasteiger partial charge in [-0.25, -0.2) is 0 Å². The summed E-state index contributed by atoms with van der Waals surface area (Å²) in [5, 5.41) is 10.3. The first-order chi connectivity index (χ1) is 7.66. The fourth-order valence-corrected chi connectivity index (χ4v) is 1.37. The highest BCUT2D eigenvalue weighted by Crippen LogP contribution is 2.26. The number of rotatable bonds is 3. The Hall–Kier alpha value is -2.24. The molecule has 0 bridgehead atoms. The van der Waals surface area contributed by atoms with E-state index >= 15 is 0 Å². The summed E-state index contributed by atoms with van der Waals surface area (Å²) in [6.07, 6.45) is 0. The number of benzene rings is 1. The van der Waals surface area contributed by atoms with E-state index in [0.717, 1.165) is 11.4 Å². The number of aromatic nitrogens is 2. The highest BCUT2D eigenvalue weighted by molar-refractivity contribution is 5.72. The zero-order chi connectivity index (χ0) is 11.5. The van der Waals surface area contributed by atoms with Crippen LogP contribution in [-0.4, -0.2) is 24.3 Å². The molecule has 1 aromatic carbocycles. The Morgan fingerprint density at radius 1 is 1.25 bits per heavy atom. The molecule has 0 amide bonds. The summed E-state index contributed by atoms with van der Waals surface area (Å²) in [6.45, 7) is 0.